The molecule has 0 aliphatic rings. The zero-order valence-electron chi connectivity index (χ0n) is 13.0. The predicted molar refractivity (Wildman–Crippen MR) is 96.3 cm³/mol. The van der Waals surface area contributed by atoms with E-state index in [0.717, 1.165) is 11.0 Å². The van der Waals surface area contributed by atoms with E-state index in [1.807, 2.05) is 11.8 Å². The number of hydrogen-bond donors (Lipinski definition) is 1. The van der Waals surface area contributed by atoms with Gasteiger partial charge < -0.3 is 5.32 Å². The summed E-state index contributed by atoms with van der Waals surface area (Å²) in [6.07, 6.45) is 0. The predicted octanol–water partition coefficient (Wildman–Crippen LogP) is 5.89. The summed E-state index contributed by atoms with van der Waals surface area (Å²) in [5.41, 5.74) is 4.00. The second kappa shape index (κ2) is 7.48. The summed E-state index contributed by atoms with van der Waals surface area (Å²) in [4.78, 5) is 2.64. The Morgan fingerprint density at radius 2 is 1.81 bits per heavy atom. The topological polar surface area (TPSA) is 12.0 Å². The number of halogens is 1. The Balaban J connectivity index is 2.34. The maximum Gasteiger partial charge on any atom is 0.0303 e. The van der Waals surface area contributed by atoms with Gasteiger partial charge in [0, 0.05) is 20.3 Å². The second-order valence-corrected chi connectivity index (χ2v) is 7.33. The molecule has 1 nitrogen and oxygen atoms in total. The molecule has 3 heteroatoms. The van der Waals surface area contributed by atoms with Crippen molar-refractivity contribution in [2.24, 2.45) is 0 Å². The van der Waals surface area contributed by atoms with Crippen LogP contribution in [0.5, 0.6) is 0 Å². The monoisotopic (exact) mass is 363 g/mol. The third-order valence-electron chi connectivity index (χ3n) is 3.50. The van der Waals surface area contributed by atoms with Crippen LogP contribution >= 0.6 is 27.7 Å². The molecule has 0 saturated carbocycles. The van der Waals surface area contributed by atoms with Crippen LogP contribution in [0.1, 0.15) is 36.6 Å². The lowest BCUT2D eigenvalue weighted by Gasteiger charge is -2.18. The van der Waals surface area contributed by atoms with Crippen molar-refractivity contribution in [2.45, 2.75) is 43.5 Å². The van der Waals surface area contributed by atoms with E-state index in [1.165, 1.54) is 26.5 Å². The highest BCUT2D eigenvalue weighted by Crippen LogP contribution is 2.36. The SMILES string of the molecule is CCNC(C)c1cc(Br)ccc1Sc1ccc(C)cc1C. The van der Waals surface area contributed by atoms with E-state index >= 15 is 0 Å². The first kappa shape index (κ1) is 16.6. The zero-order valence-corrected chi connectivity index (χ0v) is 15.4. The van der Waals surface area contributed by atoms with Crippen molar-refractivity contribution in [3.63, 3.8) is 0 Å². The van der Waals surface area contributed by atoms with Crippen molar-refractivity contribution in [3.05, 3.63) is 57.6 Å². The minimum absolute atomic E-state index is 0.348. The highest BCUT2D eigenvalue weighted by molar-refractivity contribution is 9.10. The fraction of sp³-hybridized carbons (Fsp3) is 0.333. The van der Waals surface area contributed by atoms with E-state index in [9.17, 15) is 0 Å². The van der Waals surface area contributed by atoms with Crippen LogP contribution in [0.15, 0.2) is 50.7 Å². The molecule has 1 N–H and O–H groups in total. The van der Waals surface area contributed by atoms with E-state index in [4.69, 9.17) is 0 Å². The summed E-state index contributed by atoms with van der Waals surface area (Å²) in [6, 6.07) is 13.5. The molecule has 0 heterocycles. The molecule has 0 aliphatic heterocycles. The quantitative estimate of drug-likeness (QED) is 0.710. The molecule has 21 heavy (non-hydrogen) atoms. The van der Waals surface area contributed by atoms with Gasteiger partial charge in [0.2, 0.25) is 0 Å². The average Bonchev–Trinajstić information content (AvgIpc) is 2.43. The Morgan fingerprint density at radius 3 is 2.48 bits per heavy atom. The molecule has 0 bridgehead atoms. The number of hydrogen-bond acceptors (Lipinski definition) is 2. The number of aryl methyl sites for hydroxylation is 2. The van der Waals surface area contributed by atoms with Crippen molar-refractivity contribution >= 4 is 27.7 Å². The van der Waals surface area contributed by atoms with Crippen LogP contribution in [0.2, 0.25) is 0 Å². The van der Waals surface area contributed by atoms with Crippen LogP contribution in [0.25, 0.3) is 0 Å². The lowest BCUT2D eigenvalue weighted by molar-refractivity contribution is 0.589. The maximum absolute atomic E-state index is 3.59. The van der Waals surface area contributed by atoms with Gasteiger partial charge in [0.25, 0.3) is 0 Å². The molecular weight excluding hydrogens is 342 g/mol. The first-order valence-corrected chi connectivity index (χ1v) is 8.90. The molecule has 0 aromatic heterocycles. The summed E-state index contributed by atoms with van der Waals surface area (Å²) in [5, 5.41) is 3.50. The third-order valence-corrected chi connectivity index (χ3v) is 5.26. The molecule has 2 aromatic rings. The molecule has 112 valence electrons. The first-order chi connectivity index (χ1) is 10.0. The maximum atomic E-state index is 3.59. The lowest BCUT2D eigenvalue weighted by atomic mass is 10.1. The van der Waals surface area contributed by atoms with Crippen LogP contribution in [-0.2, 0) is 0 Å². The Hall–Kier alpha value is -0.770. The summed E-state index contributed by atoms with van der Waals surface area (Å²) in [6.45, 7) is 9.66. The smallest absolute Gasteiger partial charge is 0.0303 e. The van der Waals surface area contributed by atoms with Crippen LogP contribution in [0.3, 0.4) is 0 Å². The van der Waals surface area contributed by atoms with Gasteiger partial charge in [-0.15, -0.1) is 0 Å². The molecule has 0 aliphatic carbocycles. The van der Waals surface area contributed by atoms with Crippen molar-refractivity contribution in [1.29, 1.82) is 0 Å². The molecule has 2 rings (SSSR count). The summed E-state index contributed by atoms with van der Waals surface area (Å²) in [7, 11) is 0. The van der Waals surface area contributed by atoms with Crippen LogP contribution in [0.4, 0.5) is 0 Å². The molecule has 2 aromatic carbocycles. The van der Waals surface area contributed by atoms with Crippen LogP contribution in [0, 0.1) is 13.8 Å². The molecule has 1 atom stereocenters. The highest BCUT2D eigenvalue weighted by Gasteiger charge is 2.12. The normalized spacial score (nSPS) is 12.4. The molecule has 0 spiro atoms. The van der Waals surface area contributed by atoms with Gasteiger partial charge >= 0.3 is 0 Å². The van der Waals surface area contributed by atoms with Crippen LogP contribution in [-0.4, -0.2) is 6.54 Å². The Morgan fingerprint density at radius 1 is 1.10 bits per heavy atom. The zero-order chi connectivity index (χ0) is 15.4. The number of rotatable bonds is 5. The molecule has 0 saturated heterocycles. The van der Waals surface area contributed by atoms with Crippen LogP contribution < -0.4 is 5.32 Å². The Labute approximate surface area is 140 Å². The van der Waals surface area contributed by atoms with Gasteiger partial charge in [-0.25, -0.2) is 0 Å². The number of benzene rings is 2. The largest absolute Gasteiger partial charge is 0.310 e. The van der Waals surface area contributed by atoms with Crippen molar-refractivity contribution < 1.29 is 0 Å². The average molecular weight is 364 g/mol. The highest BCUT2D eigenvalue weighted by atomic mass is 79.9. The van der Waals surface area contributed by atoms with E-state index < -0.39 is 0 Å². The first-order valence-electron chi connectivity index (χ1n) is 7.29. The van der Waals surface area contributed by atoms with E-state index in [-0.39, 0.29) is 0 Å². The van der Waals surface area contributed by atoms with E-state index in [0.29, 0.717) is 6.04 Å². The minimum atomic E-state index is 0.348. The van der Waals surface area contributed by atoms with Gasteiger partial charge in [0.05, 0.1) is 0 Å². The standard InChI is InChI=1S/C18H22BrNS/c1-5-20-14(4)16-11-15(19)7-9-18(16)21-17-8-6-12(2)10-13(17)3/h6-11,14,20H,5H2,1-4H3. The summed E-state index contributed by atoms with van der Waals surface area (Å²) < 4.78 is 1.13. The molecule has 0 radical (unpaired) electrons. The summed E-state index contributed by atoms with van der Waals surface area (Å²) >= 11 is 5.44. The van der Waals surface area contributed by atoms with Gasteiger partial charge in [-0.05, 0) is 62.7 Å². The van der Waals surface area contributed by atoms with Gasteiger partial charge in [0.1, 0.15) is 0 Å². The third kappa shape index (κ3) is 4.35. The number of nitrogens with one attached hydrogen (secondary N) is 1. The summed E-state index contributed by atoms with van der Waals surface area (Å²) in [5.74, 6) is 0. The van der Waals surface area contributed by atoms with Gasteiger partial charge in [-0.3, -0.25) is 0 Å². The molecule has 0 amide bonds. The minimum Gasteiger partial charge on any atom is -0.310 e. The molecule has 1 unspecified atom stereocenters. The van der Waals surface area contributed by atoms with Crippen molar-refractivity contribution in [2.75, 3.05) is 6.54 Å². The Bertz CT molecular complexity index is 625. The van der Waals surface area contributed by atoms with Gasteiger partial charge in [-0.2, -0.15) is 0 Å². The van der Waals surface area contributed by atoms with Crippen molar-refractivity contribution in [3.8, 4) is 0 Å². The van der Waals surface area contributed by atoms with E-state index in [1.54, 1.807) is 0 Å². The Kier molecular flexibility index (Phi) is 5.91. The molecular formula is C18H22BrNS. The van der Waals surface area contributed by atoms with E-state index in [2.05, 4.69) is 85.3 Å². The van der Waals surface area contributed by atoms with Crippen molar-refractivity contribution in [1.82, 2.24) is 5.32 Å². The fourth-order valence-electron chi connectivity index (χ4n) is 2.40. The molecule has 0 fully saturated rings. The fourth-order valence-corrected chi connectivity index (χ4v) is 3.86. The second-order valence-electron chi connectivity index (χ2n) is 5.33. The lowest BCUT2D eigenvalue weighted by Crippen LogP contribution is -2.18. The van der Waals surface area contributed by atoms with Gasteiger partial charge in [-0.1, -0.05) is 52.3 Å². The van der Waals surface area contributed by atoms with Gasteiger partial charge in [0.15, 0.2) is 0 Å².